The summed E-state index contributed by atoms with van der Waals surface area (Å²) in [4.78, 5) is 10.4. The fourth-order valence-electron chi connectivity index (χ4n) is 3.11. The van der Waals surface area contributed by atoms with Gasteiger partial charge in [0.15, 0.2) is 0 Å². The van der Waals surface area contributed by atoms with Crippen LogP contribution in [0.1, 0.15) is 0 Å². The first kappa shape index (κ1) is 15.2. The van der Waals surface area contributed by atoms with Crippen molar-refractivity contribution in [2.45, 2.75) is 0 Å². The number of para-hydroxylation sites is 1. The molecule has 2 heterocycles. The van der Waals surface area contributed by atoms with Crippen LogP contribution in [0.15, 0.2) is 42.5 Å². The number of hydrogen-bond acceptors (Lipinski definition) is 3. The Kier molecular flexibility index (Phi) is 3.79. The number of aromatic amines is 1. The van der Waals surface area contributed by atoms with Crippen LogP contribution < -0.4 is 5.32 Å². The van der Waals surface area contributed by atoms with Crippen LogP contribution in [0, 0.1) is 0 Å². The predicted molar refractivity (Wildman–Crippen MR) is 103 cm³/mol. The van der Waals surface area contributed by atoms with Crippen LogP contribution >= 0.6 is 11.6 Å². The average molecular weight is 339 g/mol. The minimum atomic E-state index is 0.721. The molecule has 2 aromatic carbocycles. The molecule has 0 amide bonds. The van der Waals surface area contributed by atoms with Crippen molar-refractivity contribution in [3.63, 3.8) is 0 Å². The normalized spacial score (nSPS) is 11.8. The number of aromatic nitrogens is 2. The Morgan fingerprint density at radius 3 is 2.79 bits per heavy atom. The number of nitrogens with zero attached hydrogens (tertiary/aromatic N) is 2. The summed E-state index contributed by atoms with van der Waals surface area (Å²) in [7, 11) is 4.15. The largest absolute Gasteiger partial charge is 0.383 e. The first-order chi connectivity index (χ1) is 11.6. The highest BCUT2D eigenvalue weighted by atomic mass is 35.5. The van der Waals surface area contributed by atoms with E-state index in [0.29, 0.717) is 0 Å². The molecule has 0 bridgehead atoms. The summed E-state index contributed by atoms with van der Waals surface area (Å²) in [6.07, 6.45) is 0. The lowest BCUT2D eigenvalue weighted by molar-refractivity contribution is 0.425. The Balaban J connectivity index is 2.01. The molecule has 0 spiro atoms. The predicted octanol–water partition coefficient (Wildman–Crippen LogP) is 4.50. The van der Waals surface area contributed by atoms with Gasteiger partial charge in [-0.2, -0.15) is 0 Å². The number of halogens is 1. The van der Waals surface area contributed by atoms with Gasteiger partial charge in [0.25, 0.3) is 0 Å². The Morgan fingerprint density at radius 2 is 1.96 bits per heavy atom. The van der Waals surface area contributed by atoms with Crippen molar-refractivity contribution in [1.82, 2.24) is 14.9 Å². The highest BCUT2D eigenvalue weighted by molar-refractivity contribution is 6.32. The molecule has 5 heteroatoms. The summed E-state index contributed by atoms with van der Waals surface area (Å²) < 4.78 is 0. The molecule has 0 unspecified atom stereocenters. The number of hydrogen-bond donors (Lipinski definition) is 2. The quantitative estimate of drug-likeness (QED) is 0.576. The topological polar surface area (TPSA) is 44.0 Å². The van der Waals surface area contributed by atoms with Crippen LogP contribution in [0.4, 0.5) is 5.69 Å². The number of pyridine rings is 1. The number of anilines is 1. The van der Waals surface area contributed by atoms with Gasteiger partial charge in [-0.15, -0.1) is 0 Å². The van der Waals surface area contributed by atoms with Gasteiger partial charge < -0.3 is 15.2 Å². The van der Waals surface area contributed by atoms with Crippen molar-refractivity contribution >= 4 is 50.1 Å². The van der Waals surface area contributed by atoms with Crippen LogP contribution in [-0.2, 0) is 0 Å². The van der Waals surface area contributed by atoms with Crippen molar-refractivity contribution in [2.75, 3.05) is 32.5 Å². The van der Waals surface area contributed by atoms with E-state index < -0.39 is 0 Å². The van der Waals surface area contributed by atoms with Crippen LogP contribution in [0.3, 0.4) is 0 Å². The van der Waals surface area contributed by atoms with E-state index in [0.717, 1.165) is 51.3 Å². The fraction of sp³-hybridized carbons (Fsp3) is 0.211. The maximum Gasteiger partial charge on any atom is 0.141 e. The van der Waals surface area contributed by atoms with Crippen molar-refractivity contribution in [1.29, 1.82) is 0 Å². The Morgan fingerprint density at radius 1 is 1.12 bits per heavy atom. The highest BCUT2D eigenvalue weighted by Gasteiger charge is 2.14. The van der Waals surface area contributed by atoms with E-state index in [-0.39, 0.29) is 0 Å². The van der Waals surface area contributed by atoms with E-state index >= 15 is 0 Å². The van der Waals surface area contributed by atoms with Gasteiger partial charge in [0.05, 0.1) is 16.6 Å². The van der Waals surface area contributed by atoms with Crippen LogP contribution in [0.2, 0.25) is 5.02 Å². The van der Waals surface area contributed by atoms with Gasteiger partial charge in [-0.1, -0.05) is 29.8 Å². The first-order valence-corrected chi connectivity index (χ1v) is 8.39. The first-order valence-electron chi connectivity index (χ1n) is 8.02. The monoisotopic (exact) mass is 338 g/mol. The molecule has 4 rings (SSSR count). The summed E-state index contributed by atoms with van der Waals surface area (Å²) in [6, 6.07) is 14.1. The van der Waals surface area contributed by atoms with Crippen LogP contribution in [-0.4, -0.2) is 42.1 Å². The van der Waals surface area contributed by atoms with Crippen LogP contribution in [0.25, 0.3) is 32.8 Å². The van der Waals surface area contributed by atoms with Crippen molar-refractivity contribution in [3.8, 4) is 0 Å². The molecule has 2 N–H and O–H groups in total. The number of fused-ring (bicyclic) bond motifs is 4. The van der Waals surface area contributed by atoms with Gasteiger partial charge in [-0.25, -0.2) is 4.98 Å². The summed E-state index contributed by atoms with van der Waals surface area (Å²) in [5, 5.41) is 7.68. The molecular formula is C19H19ClN4. The Bertz CT molecular complexity index is 1040. The average Bonchev–Trinajstić information content (AvgIpc) is 2.92. The second-order valence-electron chi connectivity index (χ2n) is 6.27. The van der Waals surface area contributed by atoms with Gasteiger partial charge >= 0.3 is 0 Å². The molecule has 0 atom stereocenters. The number of benzene rings is 2. The molecular weight excluding hydrogens is 320 g/mol. The lowest BCUT2D eigenvalue weighted by Gasteiger charge is -2.14. The SMILES string of the molecule is CN(C)CCNc1c2cc(Cl)ccc2nc2[nH]c3ccccc3c12. The molecule has 0 aliphatic rings. The molecule has 0 saturated heterocycles. The standard InChI is InChI=1S/C19H19ClN4/c1-24(2)10-9-21-18-14-11-12(20)7-8-16(14)23-19-17(18)13-5-3-4-6-15(13)22-19/h3-8,11H,9-10H2,1-2H3,(H2,21,22,23). The number of likely N-dealkylation sites (N-methyl/N-ethyl adjacent to an activating group) is 1. The molecule has 0 radical (unpaired) electrons. The fourth-order valence-corrected chi connectivity index (χ4v) is 3.29. The lowest BCUT2D eigenvalue weighted by atomic mass is 10.1. The van der Waals surface area contributed by atoms with Gasteiger partial charge in [-0.3, -0.25) is 0 Å². The smallest absolute Gasteiger partial charge is 0.141 e. The van der Waals surface area contributed by atoms with E-state index in [1.54, 1.807) is 0 Å². The molecule has 0 aliphatic carbocycles. The third-order valence-electron chi connectivity index (χ3n) is 4.26. The van der Waals surface area contributed by atoms with Crippen molar-refractivity contribution in [2.24, 2.45) is 0 Å². The van der Waals surface area contributed by atoms with Gasteiger partial charge in [0.2, 0.25) is 0 Å². The molecule has 0 saturated carbocycles. The molecule has 0 aliphatic heterocycles. The van der Waals surface area contributed by atoms with E-state index in [9.17, 15) is 0 Å². The number of H-pyrrole nitrogens is 1. The lowest BCUT2D eigenvalue weighted by Crippen LogP contribution is -2.21. The van der Waals surface area contributed by atoms with Crippen LogP contribution in [0.5, 0.6) is 0 Å². The van der Waals surface area contributed by atoms with E-state index in [2.05, 4.69) is 47.5 Å². The molecule has 24 heavy (non-hydrogen) atoms. The van der Waals surface area contributed by atoms with Crippen molar-refractivity contribution in [3.05, 3.63) is 47.5 Å². The Hall–Kier alpha value is -2.30. The molecule has 0 fully saturated rings. The third kappa shape index (κ3) is 2.58. The molecule has 4 aromatic rings. The van der Waals surface area contributed by atoms with E-state index in [1.165, 1.54) is 5.39 Å². The maximum atomic E-state index is 6.25. The summed E-state index contributed by atoms with van der Waals surface area (Å²) in [6.45, 7) is 1.81. The second kappa shape index (κ2) is 5.96. The van der Waals surface area contributed by atoms with Gasteiger partial charge in [0, 0.05) is 34.4 Å². The second-order valence-corrected chi connectivity index (χ2v) is 6.71. The van der Waals surface area contributed by atoms with E-state index in [1.807, 2.05) is 24.3 Å². The number of nitrogens with one attached hydrogen (secondary N) is 2. The van der Waals surface area contributed by atoms with E-state index in [4.69, 9.17) is 16.6 Å². The van der Waals surface area contributed by atoms with Crippen molar-refractivity contribution < 1.29 is 0 Å². The zero-order valence-electron chi connectivity index (χ0n) is 13.7. The molecule has 4 nitrogen and oxygen atoms in total. The summed E-state index contributed by atoms with van der Waals surface area (Å²) in [5.41, 5.74) is 4.03. The maximum absolute atomic E-state index is 6.25. The molecule has 2 aromatic heterocycles. The minimum Gasteiger partial charge on any atom is -0.383 e. The minimum absolute atomic E-state index is 0.721. The number of rotatable bonds is 4. The zero-order valence-corrected chi connectivity index (χ0v) is 14.5. The van der Waals surface area contributed by atoms with Gasteiger partial charge in [-0.05, 0) is 38.4 Å². The Labute approximate surface area is 145 Å². The highest BCUT2D eigenvalue weighted by Crippen LogP contribution is 2.36. The molecule has 122 valence electrons. The third-order valence-corrected chi connectivity index (χ3v) is 4.49. The summed E-state index contributed by atoms with van der Waals surface area (Å²) >= 11 is 6.25. The summed E-state index contributed by atoms with van der Waals surface area (Å²) in [5.74, 6) is 0. The zero-order chi connectivity index (χ0) is 16.7. The van der Waals surface area contributed by atoms with Gasteiger partial charge in [0.1, 0.15) is 5.65 Å².